The summed E-state index contributed by atoms with van der Waals surface area (Å²) in [6, 6.07) is 6.99. The molecule has 3 unspecified atom stereocenters. The normalized spacial score (nSPS) is 31.2. The van der Waals surface area contributed by atoms with Crippen molar-refractivity contribution in [3.63, 3.8) is 0 Å². The number of nitrogens with one attached hydrogen (secondary N) is 1. The summed E-state index contributed by atoms with van der Waals surface area (Å²) in [4.78, 5) is 6.92. The van der Waals surface area contributed by atoms with Crippen LogP contribution in [0.5, 0.6) is 0 Å². The Balaban J connectivity index is 1.77. The van der Waals surface area contributed by atoms with Crippen molar-refractivity contribution < 1.29 is 0 Å². The molecule has 0 radical (unpaired) electrons. The topological polar surface area (TPSA) is 32.6 Å². The molecule has 2 fully saturated rings. The van der Waals surface area contributed by atoms with Crippen LogP contribution < -0.4 is 10.2 Å². The van der Waals surface area contributed by atoms with Gasteiger partial charge in [-0.15, -0.1) is 0 Å². The first-order chi connectivity index (χ1) is 8.84. The van der Waals surface area contributed by atoms with E-state index >= 15 is 0 Å². The van der Waals surface area contributed by atoms with Gasteiger partial charge in [0.15, 0.2) is 0 Å². The summed E-state index contributed by atoms with van der Waals surface area (Å²) < 4.78 is 2.20. The molecule has 4 heterocycles. The van der Waals surface area contributed by atoms with Crippen LogP contribution in [0.4, 0.5) is 5.82 Å². The lowest BCUT2D eigenvalue weighted by molar-refractivity contribution is 0.471. The van der Waals surface area contributed by atoms with E-state index in [2.05, 4.69) is 50.9 Å². The van der Waals surface area contributed by atoms with Crippen LogP contribution in [0.15, 0.2) is 30.6 Å². The molecule has 0 aliphatic carbocycles. The quantitative estimate of drug-likeness (QED) is 0.820. The molecule has 3 atom stereocenters. The van der Waals surface area contributed by atoms with Gasteiger partial charge >= 0.3 is 0 Å². The summed E-state index contributed by atoms with van der Waals surface area (Å²) in [6.45, 7) is 5.86. The molecule has 1 N–H and O–H groups in total. The van der Waals surface area contributed by atoms with E-state index in [1.54, 1.807) is 0 Å². The van der Waals surface area contributed by atoms with Crippen LogP contribution in [0, 0.1) is 11.8 Å². The standard InChI is InChI=1S/C14H18N4/c1-10-12-8-15-7-11(12)9-18(10)14-4-2-3-13-16-5-6-17(13)14/h2-6,10-12,15H,7-9H2,1H3. The van der Waals surface area contributed by atoms with Gasteiger partial charge in [0.05, 0.1) is 0 Å². The molecule has 0 bridgehead atoms. The van der Waals surface area contributed by atoms with Crippen LogP contribution in [0.2, 0.25) is 0 Å². The second kappa shape index (κ2) is 3.72. The number of imidazole rings is 1. The minimum atomic E-state index is 0.609. The molecule has 94 valence electrons. The van der Waals surface area contributed by atoms with Gasteiger partial charge in [-0.1, -0.05) is 6.07 Å². The number of aromatic nitrogens is 2. The van der Waals surface area contributed by atoms with Crippen LogP contribution in [-0.2, 0) is 0 Å². The van der Waals surface area contributed by atoms with Gasteiger partial charge in [-0.3, -0.25) is 4.40 Å². The Morgan fingerprint density at radius 3 is 3.17 bits per heavy atom. The Morgan fingerprint density at radius 2 is 2.28 bits per heavy atom. The molecule has 2 aliphatic rings. The monoisotopic (exact) mass is 242 g/mol. The largest absolute Gasteiger partial charge is 0.354 e. The maximum atomic E-state index is 4.37. The van der Waals surface area contributed by atoms with Crippen LogP contribution in [0.25, 0.3) is 5.65 Å². The van der Waals surface area contributed by atoms with Crippen molar-refractivity contribution in [2.45, 2.75) is 13.0 Å². The molecule has 2 saturated heterocycles. The number of nitrogens with zero attached hydrogens (tertiary/aromatic N) is 3. The third kappa shape index (κ3) is 1.32. The van der Waals surface area contributed by atoms with Gasteiger partial charge in [-0.2, -0.15) is 0 Å². The molecule has 2 aromatic rings. The first-order valence-corrected chi connectivity index (χ1v) is 6.74. The minimum Gasteiger partial charge on any atom is -0.354 e. The van der Waals surface area contributed by atoms with Crippen molar-refractivity contribution in [1.29, 1.82) is 0 Å². The van der Waals surface area contributed by atoms with Crippen molar-refractivity contribution in [1.82, 2.24) is 14.7 Å². The second-order valence-electron chi connectivity index (χ2n) is 5.51. The molecule has 4 nitrogen and oxygen atoms in total. The number of hydrogen-bond donors (Lipinski definition) is 1. The van der Waals surface area contributed by atoms with Crippen molar-refractivity contribution >= 4 is 11.5 Å². The van der Waals surface area contributed by atoms with E-state index < -0.39 is 0 Å². The van der Waals surface area contributed by atoms with Crippen LogP contribution in [-0.4, -0.2) is 35.1 Å². The van der Waals surface area contributed by atoms with Gasteiger partial charge in [0.1, 0.15) is 11.5 Å². The summed E-state index contributed by atoms with van der Waals surface area (Å²) in [7, 11) is 0. The molecule has 18 heavy (non-hydrogen) atoms. The summed E-state index contributed by atoms with van der Waals surface area (Å²) in [5.41, 5.74) is 1.04. The summed E-state index contributed by atoms with van der Waals surface area (Å²) in [6.07, 6.45) is 3.94. The molecule has 2 aliphatic heterocycles. The summed E-state index contributed by atoms with van der Waals surface area (Å²) >= 11 is 0. The fraction of sp³-hybridized carbons (Fsp3) is 0.500. The van der Waals surface area contributed by atoms with E-state index in [1.165, 1.54) is 18.9 Å². The van der Waals surface area contributed by atoms with Gasteiger partial charge < -0.3 is 10.2 Å². The lowest BCUT2D eigenvalue weighted by atomic mass is 9.95. The van der Waals surface area contributed by atoms with Crippen molar-refractivity contribution in [3.05, 3.63) is 30.6 Å². The lowest BCUT2D eigenvalue weighted by Gasteiger charge is -2.27. The molecule has 0 saturated carbocycles. The molecule has 4 rings (SSSR count). The minimum absolute atomic E-state index is 0.609. The van der Waals surface area contributed by atoms with E-state index in [0.29, 0.717) is 6.04 Å². The number of fused-ring (bicyclic) bond motifs is 2. The van der Waals surface area contributed by atoms with Gasteiger partial charge in [-0.05, 0) is 30.9 Å². The zero-order valence-electron chi connectivity index (χ0n) is 10.6. The van der Waals surface area contributed by atoms with Gasteiger partial charge in [0.2, 0.25) is 0 Å². The zero-order valence-corrected chi connectivity index (χ0v) is 10.6. The molecule has 0 amide bonds. The maximum Gasteiger partial charge on any atom is 0.138 e. The van der Waals surface area contributed by atoms with Crippen LogP contribution in [0.1, 0.15) is 6.92 Å². The highest BCUT2D eigenvalue weighted by Gasteiger charge is 2.42. The zero-order chi connectivity index (χ0) is 12.1. The van der Waals surface area contributed by atoms with Crippen molar-refractivity contribution in [2.24, 2.45) is 11.8 Å². The second-order valence-corrected chi connectivity index (χ2v) is 5.51. The van der Waals surface area contributed by atoms with Crippen LogP contribution in [0.3, 0.4) is 0 Å². The fourth-order valence-electron chi connectivity index (χ4n) is 3.64. The number of hydrogen-bond acceptors (Lipinski definition) is 3. The van der Waals surface area contributed by atoms with Gasteiger partial charge in [0.25, 0.3) is 0 Å². The van der Waals surface area contributed by atoms with Crippen molar-refractivity contribution in [3.8, 4) is 0 Å². The first kappa shape index (κ1) is 10.4. The Kier molecular flexibility index (Phi) is 2.14. The van der Waals surface area contributed by atoms with E-state index in [-0.39, 0.29) is 0 Å². The van der Waals surface area contributed by atoms with Crippen LogP contribution >= 0.6 is 0 Å². The van der Waals surface area contributed by atoms with Gasteiger partial charge in [-0.25, -0.2) is 4.98 Å². The fourth-order valence-corrected chi connectivity index (χ4v) is 3.64. The average Bonchev–Trinajstić information content (AvgIpc) is 3.06. The first-order valence-electron chi connectivity index (χ1n) is 6.74. The Labute approximate surface area is 107 Å². The van der Waals surface area contributed by atoms with E-state index in [4.69, 9.17) is 0 Å². The molecule has 0 aromatic carbocycles. The molecular weight excluding hydrogens is 224 g/mol. The highest BCUT2D eigenvalue weighted by molar-refractivity contribution is 5.53. The SMILES string of the molecule is CC1C2CNCC2CN1c1cccc2nccn12. The number of pyridine rings is 1. The van der Waals surface area contributed by atoms with E-state index in [0.717, 1.165) is 24.0 Å². The smallest absolute Gasteiger partial charge is 0.138 e. The maximum absolute atomic E-state index is 4.37. The Morgan fingerprint density at radius 1 is 1.33 bits per heavy atom. The molecule has 2 aromatic heterocycles. The third-order valence-corrected chi connectivity index (χ3v) is 4.64. The van der Waals surface area contributed by atoms with Crippen molar-refractivity contribution in [2.75, 3.05) is 24.5 Å². The predicted molar refractivity (Wildman–Crippen MR) is 71.8 cm³/mol. The summed E-state index contributed by atoms with van der Waals surface area (Å²) in [5, 5.41) is 3.51. The van der Waals surface area contributed by atoms with Gasteiger partial charge in [0, 0.05) is 38.1 Å². The van der Waals surface area contributed by atoms with E-state index in [1.807, 2.05) is 6.20 Å². The Bertz CT molecular complexity index is 576. The highest BCUT2D eigenvalue weighted by Crippen LogP contribution is 2.35. The average molecular weight is 242 g/mol. The predicted octanol–water partition coefficient (Wildman–Crippen LogP) is 1.38. The molecule has 0 spiro atoms. The number of rotatable bonds is 1. The lowest BCUT2D eigenvalue weighted by Crippen LogP contribution is -2.34. The molecular formula is C14H18N4. The third-order valence-electron chi connectivity index (χ3n) is 4.64. The van der Waals surface area contributed by atoms with E-state index in [9.17, 15) is 0 Å². The number of anilines is 1. The molecule has 4 heteroatoms. The Hall–Kier alpha value is -1.55. The highest BCUT2D eigenvalue weighted by atomic mass is 15.3. The summed E-state index contributed by atoms with van der Waals surface area (Å²) in [5.74, 6) is 2.88.